The molecule has 1 heterocycles. The predicted octanol–water partition coefficient (Wildman–Crippen LogP) is 1.11. The molecule has 2 rings (SSSR count). The van der Waals surface area contributed by atoms with Crippen LogP contribution in [0.25, 0.3) is 0 Å². The topological polar surface area (TPSA) is 68.8 Å². The smallest absolute Gasteiger partial charge is 0.287 e. The van der Waals surface area contributed by atoms with Crippen LogP contribution in [-0.2, 0) is 12.7 Å². The molecular weight excluding hydrogens is 320 g/mol. The third kappa shape index (κ3) is 4.82. The van der Waals surface area contributed by atoms with Gasteiger partial charge in [-0.3, -0.25) is 14.7 Å². The van der Waals surface area contributed by atoms with Gasteiger partial charge in [-0.1, -0.05) is 18.2 Å². The van der Waals surface area contributed by atoms with Gasteiger partial charge in [-0.2, -0.15) is 13.2 Å². The van der Waals surface area contributed by atoms with E-state index >= 15 is 0 Å². The van der Waals surface area contributed by atoms with Gasteiger partial charge in [0.05, 0.1) is 17.1 Å². The Bertz CT molecular complexity index is 757. The number of nitrogens with one attached hydrogen (secondary N) is 2. The van der Waals surface area contributed by atoms with Crippen molar-refractivity contribution in [3.05, 3.63) is 65.5 Å². The van der Waals surface area contributed by atoms with Gasteiger partial charge in [-0.15, -0.1) is 0 Å². The number of nitrogens with zero attached hydrogens (tertiary/aromatic N) is 2. The summed E-state index contributed by atoms with van der Waals surface area (Å²) in [7, 11) is 0.176. The molecule has 1 aromatic carbocycles. The lowest BCUT2D eigenvalue weighted by Gasteiger charge is -2.10. The number of carbonyl (C=O) groups excluding carboxylic acids is 1. The van der Waals surface area contributed by atoms with Crippen LogP contribution in [-0.4, -0.2) is 13.3 Å². The van der Waals surface area contributed by atoms with E-state index in [1.54, 1.807) is 29.0 Å². The molecule has 0 radical (unpaired) electrons. The molecule has 0 bridgehead atoms. The van der Waals surface area contributed by atoms with Gasteiger partial charge in [0.1, 0.15) is 12.4 Å². The number of carbonyl (C=O) groups is 1. The number of hydrogen-bond acceptors (Lipinski definition) is 3. The lowest BCUT2D eigenvalue weighted by molar-refractivity contribution is -0.527. The molecule has 0 saturated heterocycles. The molecule has 1 aromatic heterocycles. The Balaban J connectivity index is 1.90. The summed E-state index contributed by atoms with van der Waals surface area (Å²) in [6, 6.07) is 7.93. The molecule has 0 atom stereocenters. The summed E-state index contributed by atoms with van der Waals surface area (Å²) in [5.74, 6) is 1.55. The van der Waals surface area contributed by atoms with Crippen molar-refractivity contribution < 1.29 is 22.4 Å². The summed E-state index contributed by atoms with van der Waals surface area (Å²) in [6.07, 6.45) is -1.22. The minimum atomic E-state index is -4.40. The van der Waals surface area contributed by atoms with E-state index in [1.165, 1.54) is 12.1 Å². The number of hydrazine groups is 1. The number of alkyl halides is 3. The molecule has 0 aliphatic carbocycles. The second-order valence-corrected chi connectivity index (χ2v) is 4.92. The van der Waals surface area contributed by atoms with Gasteiger partial charge in [0.2, 0.25) is 0 Å². The average Bonchev–Trinajstić information content (AvgIpc) is 2.55. The van der Waals surface area contributed by atoms with Crippen LogP contribution in [0.1, 0.15) is 21.5 Å². The minimum Gasteiger partial charge on any atom is -0.287 e. The van der Waals surface area contributed by atoms with Crippen molar-refractivity contribution in [2.24, 2.45) is 0 Å². The zero-order valence-corrected chi connectivity index (χ0v) is 12.5. The quantitative estimate of drug-likeness (QED) is 0.636. The first-order valence-electron chi connectivity index (χ1n) is 6.95. The fraction of sp³-hybridized carbons (Fsp3) is 0.133. The first-order valence-corrected chi connectivity index (χ1v) is 6.95. The number of pyridine rings is 1. The molecule has 9 heteroatoms. The fourth-order valence-electron chi connectivity index (χ4n) is 1.95. The number of rotatable bonds is 5. The Morgan fingerprint density at radius 3 is 2.58 bits per heavy atom. The van der Waals surface area contributed by atoms with Gasteiger partial charge in [0, 0.05) is 18.7 Å². The van der Waals surface area contributed by atoms with E-state index in [0.717, 1.165) is 12.1 Å². The highest BCUT2D eigenvalue weighted by molar-refractivity contribution is 6.35. The zero-order valence-electron chi connectivity index (χ0n) is 12.5. The maximum Gasteiger partial charge on any atom is 0.587 e. The van der Waals surface area contributed by atoms with Crippen LogP contribution in [0, 0.1) is 11.2 Å². The first kappa shape index (κ1) is 17.5. The number of aromatic nitrogens is 1. The monoisotopic (exact) mass is 333 g/mol. The van der Waals surface area contributed by atoms with Crippen LogP contribution in [0.4, 0.5) is 13.2 Å². The highest BCUT2D eigenvalue weighted by Crippen LogP contribution is 2.29. The molecule has 2 N–H and O–H groups in total. The second kappa shape index (κ2) is 7.61. The normalized spacial score (nSPS) is 10.8. The summed E-state index contributed by atoms with van der Waals surface area (Å²) in [5, 5.41) is 8.56. The number of amides is 1. The van der Waals surface area contributed by atoms with Crippen molar-refractivity contribution in [2.45, 2.75) is 12.7 Å². The van der Waals surface area contributed by atoms with Gasteiger partial charge in [-0.25, -0.2) is 10.7 Å². The summed E-state index contributed by atoms with van der Waals surface area (Å²) in [5.41, 5.74) is 5.02. The Kier molecular flexibility index (Phi) is 5.55. The molecule has 0 saturated carbocycles. The molecule has 0 fully saturated rings. The summed E-state index contributed by atoms with van der Waals surface area (Å²) in [4.78, 5) is 11.9. The highest BCUT2D eigenvalue weighted by atomic mass is 19.4. The number of halogens is 3. The largest absolute Gasteiger partial charge is 0.587 e. The minimum absolute atomic E-state index is 0.0525. The van der Waals surface area contributed by atoms with Gasteiger partial charge in [0.15, 0.2) is 0 Å². The molecule has 2 aromatic rings. The van der Waals surface area contributed by atoms with Crippen molar-refractivity contribution in [2.75, 3.05) is 0 Å². The first-order chi connectivity index (χ1) is 11.4. The van der Waals surface area contributed by atoms with Crippen LogP contribution in [0.15, 0.2) is 48.8 Å². The Morgan fingerprint density at radius 2 is 1.96 bits per heavy atom. The Labute approximate surface area is 137 Å². The summed E-state index contributed by atoms with van der Waals surface area (Å²) >= 11 is 0. The van der Waals surface area contributed by atoms with Gasteiger partial charge >= 0.3 is 13.6 Å². The van der Waals surface area contributed by atoms with Crippen LogP contribution in [0.3, 0.4) is 0 Å². The van der Waals surface area contributed by atoms with Gasteiger partial charge in [0.25, 0.3) is 5.91 Å². The third-order valence-electron chi connectivity index (χ3n) is 3.16. The second-order valence-electron chi connectivity index (χ2n) is 4.92. The lowest BCUT2D eigenvalue weighted by Crippen LogP contribution is -2.40. The highest BCUT2D eigenvalue weighted by Gasteiger charge is 2.30. The van der Waals surface area contributed by atoms with Crippen LogP contribution < -0.4 is 15.3 Å². The fourth-order valence-corrected chi connectivity index (χ4v) is 1.95. The van der Waals surface area contributed by atoms with Crippen LogP contribution in [0.5, 0.6) is 0 Å². The zero-order chi connectivity index (χ0) is 17.6. The van der Waals surface area contributed by atoms with Crippen molar-refractivity contribution >= 4 is 13.3 Å². The molecule has 0 unspecified atom stereocenters. The van der Waals surface area contributed by atoms with Gasteiger partial charge in [-0.05, 0) is 11.6 Å². The van der Waals surface area contributed by atoms with Crippen molar-refractivity contribution in [1.82, 2.24) is 10.9 Å². The molecule has 24 heavy (non-hydrogen) atoms. The number of benzene rings is 1. The molecule has 0 spiro atoms. The van der Waals surface area contributed by atoms with E-state index in [4.69, 9.17) is 5.26 Å². The van der Waals surface area contributed by atoms with E-state index in [0.29, 0.717) is 11.1 Å². The third-order valence-corrected chi connectivity index (χ3v) is 3.16. The maximum atomic E-state index is 12.6. The number of hydrogen-bond donors (Lipinski definition) is 2. The Morgan fingerprint density at radius 1 is 1.25 bits per heavy atom. The van der Waals surface area contributed by atoms with Gasteiger partial charge < -0.3 is 0 Å². The standard InChI is InChI=1S/C15H12BF3N4O/c17-15(18,19)13-3-1-2-11(8-13)9-21-22-14(24)12-4-6-23(7-5-12)16-10-20/h1-8,16,24H,9H2/p+1. The lowest BCUT2D eigenvalue weighted by atomic mass is 9.98. The molecule has 1 amide bonds. The SMILES string of the molecule is N#CB[n+]1ccc(C(=O)NNCc2cccc(C(F)(F)F)c2)cc1. The molecule has 0 aliphatic heterocycles. The molecule has 5 nitrogen and oxygen atoms in total. The summed E-state index contributed by atoms with van der Waals surface area (Å²) in [6.45, 7) is 0.0525. The average molecular weight is 333 g/mol. The maximum absolute atomic E-state index is 12.6. The van der Waals surface area contributed by atoms with E-state index < -0.39 is 17.6 Å². The number of nitriles is 1. The van der Waals surface area contributed by atoms with E-state index in [9.17, 15) is 18.0 Å². The Hall–Kier alpha value is -2.86. The van der Waals surface area contributed by atoms with E-state index in [-0.39, 0.29) is 14.0 Å². The van der Waals surface area contributed by atoms with E-state index in [2.05, 4.69) is 10.9 Å². The molecule has 122 valence electrons. The molecular formula is C15H13BF3N4O+. The predicted molar refractivity (Wildman–Crippen MR) is 80.5 cm³/mol. The van der Waals surface area contributed by atoms with Crippen molar-refractivity contribution in [1.29, 1.82) is 5.26 Å². The summed E-state index contributed by atoms with van der Waals surface area (Å²) < 4.78 is 39.4. The van der Waals surface area contributed by atoms with Crippen molar-refractivity contribution in [3.63, 3.8) is 0 Å². The molecule has 0 aliphatic rings. The van der Waals surface area contributed by atoms with Crippen LogP contribution >= 0.6 is 0 Å². The van der Waals surface area contributed by atoms with E-state index in [1.807, 2.05) is 5.97 Å². The van der Waals surface area contributed by atoms with Crippen LogP contribution in [0.2, 0.25) is 0 Å². The van der Waals surface area contributed by atoms with Crippen molar-refractivity contribution in [3.8, 4) is 5.97 Å².